The predicted molar refractivity (Wildman–Crippen MR) is 55.8 cm³/mol. The van der Waals surface area contributed by atoms with Crippen LogP contribution in [0.1, 0.15) is 12.5 Å². The third-order valence-corrected chi connectivity index (χ3v) is 1.50. The molecule has 0 unspecified atom stereocenters. The summed E-state index contributed by atoms with van der Waals surface area (Å²) in [6.07, 6.45) is 0.370. The van der Waals surface area contributed by atoms with E-state index >= 15 is 0 Å². The molecule has 0 aliphatic rings. The summed E-state index contributed by atoms with van der Waals surface area (Å²) in [6, 6.07) is 9.58. The maximum atomic E-state index is 11.0. The van der Waals surface area contributed by atoms with Gasteiger partial charge in [-0.2, -0.15) is 0 Å². The number of rotatable bonds is 3. The third kappa shape index (κ3) is 5.44. The van der Waals surface area contributed by atoms with Crippen LogP contribution in [0.2, 0.25) is 0 Å². The fraction of sp³-hybridized carbons (Fsp3) is 0.300. The lowest BCUT2D eigenvalue weighted by Crippen LogP contribution is -2.06. The van der Waals surface area contributed by atoms with Crippen LogP contribution in [-0.2, 0) is 20.5 Å². The molecule has 0 N–H and O–H groups in total. The topological polar surface area (TPSA) is 43.4 Å². The zero-order valence-electron chi connectivity index (χ0n) is 8.03. The van der Waals surface area contributed by atoms with E-state index < -0.39 is 0 Å². The van der Waals surface area contributed by atoms with Gasteiger partial charge in [-0.05, 0) is 12.5 Å². The van der Waals surface area contributed by atoms with Gasteiger partial charge in [0.05, 0.1) is 13.0 Å². The molecule has 0 aromatic heterocycles. The van der Waals surface area contributed by atoms with Crippen molar-refractivity contribution in [3.05, 3.63) is 35.9 Å². The lowest BCUT2D eigenvalue weighted by atomic mass is 10.2. The minimum absolute atomic E-state index is 0.163. The summed E-state index contributed by atoms with van der Waals surface area (Å²) in [5.74, 6) is -0.163. The van der Waals surface area contributed by atoms with E-state index in [1.54, 1.807) is 9.12 Å². The molecule has 0 amide bonds. The molecule has 76 valence electrons. The standard InChI is InChI=1S/C10H12O2.HOP/c1-2-12-10(11)8-9-6-4-3-5-7-9;1-2/h3-7H,2,8H2,1H3;2H. The lowest BCUT2D eigenvalue weighted by Gasteiger charge is -2.00. The average molecular weight is 212 g/mol. The Morgan fingerprint density at radius 2 is 1.86 bits per heavy atom. The van der Waals surface area contributed by atoms with E-state index in [0.717, 1.165) is 5.56 Å². The van der Waals surface area contributed by atoms with Crippen molar-refractivity contribution in [3.63, 3.8) is 0 Å². The largest absolute Gasteiger partial charge is 0.466 e. The van der Waals surface area contributed by atoms with Gasteiger partial charge in [-0.3, -0.25) is 9.36 Å². The number of esters is 1. The molecule has 0 heterocycles. The molecule has 0 atom stereocenters. The van der Waals surface area contributed by atoms with Crippen LogP contribution in [0.5, 0.6) is 0 Å². The Bertz CT molecular complexity index is 261. The molecule has 14 heavy (non-hydrogen) atoms. The molecular formula is C10H13O3P. The van der Waals surface area contributed by atoms with Crippen molar-refractivity contribution >= 4 is 15.1 Å². The fourth-order valence-corrected chi connectivity index (χ4v) is 0.975. The molecule has 0 bridgehead atoms. The Morgan fingerprint density at radius 3 is 2.36 bits per heavy atom. The van der Waals surface area contributed by atoms with E-state index in [0.29, 0.717) is 13.0 Å². The first-order chi connectivity index (χ1) is 6.83. The van der Waals surface area contributed by atoms with Crippen molar-refractivity contribution in [1.82, 2.24) is 0 Å². The minimum atomic E-state index is -0.163. The number of hydrogen-bond acceptors (Lipinski definition) is 3. The monoisotopic (exact) mass is 212 g/mol. The van der Waals surface area contributed by atoms with Crippen LogP contribution in [0.15, 0.2) is 30.3 Å². The van der Waals surface area contributed by atoms with Gasteiger partial charge in [-0.25, -0.2) is 0 Å². The second-order valence-corrected chi connectivity index (χ2v) is 2.47. The van der Waals surface area contributed by atoms with Gasteiger partial charge in [0.1, 0.15) is 9.12 Å². The number of carbonyl (C=O) groups is 1. The molecule has 0 aliphatic carbocycles. The Hall–Kier alpha value is -1.21. The highest BCUT2D eigenvalue weighted by atomic mass is 31.0. The highest BCUT2D eigenvalue weighted by Gasteiger charge is 2.01. The van der Waals surface area contributed by atoms with Crippen molar-refractivity contribution in [2.75, 3.05) is 6.61 Å². The molecule has 4 heteroatoms. The number of carbonyl (C=O) groups excluding carboxylic acids is 1. The van der Waals surface area contributed by atoms with E-state index in [1.165, 1.54) is 0 Å². The van der Waals surface area contributed by atoms with E-state index in [2.05, 4.69) is 0 Å². The zero-order valence-corrected chi connectivity index (χ0v) is 9.03. The van der Waals surface area contributed by atoms with Crippen molar-refractivity contribution < 1.29 is 14.1 Å². The average Bonchev–Trinajstić information content (AvgIpc) is 2.22. The van der Waals surface area contributed by atoms with Crippen molar-refractivity contribution in [2.45, 2.75) is 13.3 Å². The van der Waals surface area contributed by atoms with Crippen molar-refractivity contribution in [3.8, 4) is 0 Å². The SMILES string of the molecule is CCOC(=O)Cc1ccccc1.O=P. The van der Waals surface area contributed by atoms with Crippen LogP contribution in [0.4, 0.5) is 0 Å². The zero-order chi connectivity index (χ0) is 10.8. The second kappa shape index (κ2) is 8.39. The van der Waals surface area contributed by atoms with Gasteiger partial charge in [-0.15, -0.1) is 0 Å². The van der Waals surface area contributed by atoms with Crippen molar-refractivity contribution in [1.29, 1.82) is 0 Å². The molecule has 0 aliphatic heterocycles. The lowest BCUT2D eigenvalue weighted by molar-refractivity contribution is -0.142. The number of benzene rings is 1. The summed E-state index contributed by atoms with van der Waals surface area (Å²) in [5, 5.41) is 0. The smallest absolute Gasteiger partial charge is 0.310 e. The number of ether oxygens (including phenoxy) is 1. The van der Waals surface area contributed by atoms with Crippen LogP contribution in [0.3, 0.4) is 0 Å². The molecular weight excluding hydrogens is 199 g/mol. The van der Waals surface area contributed by atoms with Gasteiger partial charge in [0.15, 0.2) is 0 Å². The van der Waals surface area contributed by atoms with Crippen LogP contribution in [-0.4, -0.2) is 12.6 Å². The van der Waals surface area contributed by atoms with Gasteiger partial charge < -0.3 is 4.74 Å². The molecule has 0 saturated carbocycles. The Morgan fingerprint density at radius 1 is 1.29 bits per heavy atom. The Balaban J connectivity index is 0.000000791. The van der Waals surface area contributed by atoms with Gasteiger partial charge >= 0.3 is 5.97 Å². The first kappa shape index (κ1) is 12.8. The highest BCUT2D eigenvalue weighted by molar-refractivity contribution is 7.00. The Kier molecular flexibility index (Phi) is 7.67. The van der Waals surface area contributed by atoms with Crippen molar-refractivity contribution in [2.24, 2.45) is 0 Å². The molecule has 0 fully saturated rings. The Labute approximate surface area is 85.7 Å². The summed E-state index contributed by atoms with van der Waals surface area (Å²) >= 11 is 0. The second-order valence-electron chi connectivity index (χ2n) is 2.47. The summed E-state index contributed by atoms with van der Waals surface area (Å²) in [6.45, 7) is 2.26. The predicted octanol–water partition coefficient (Wildman–Crippen LogP) is 2.27. The maximum Gasteiger partial charge on any atom is 0.310 e. The van der Waals surface area contributed by atoms with Crippen LogP contribution in [0, 0.1) is 0 Å². The summed E-state index contributed by atoms with van der Waals surface area (Å²) < 4.78 is 12.9. The summed E-state index contributed by atoms with van der Waals surface area (Å²) in [5.41, 5.74) is 0.996. The highest BCUT2D eigenvalue weighted by Crippen LogP contribution is 2.00. The fourth-order valence-electron chi connectivity index (χ4n) is 0.975. The first-order valence-electron chi connectivity index (χ1n) is 4.23. The molecule has 3 nitrogen and oxygen atoms in total. The van der Waals surface area contributed by atoms with Gasteiger partial charge in [0, 0.05) is 0 Å². The first-order valence-corrected chi connectivity index (χ1v) is 4.63. The van der Waals surface area contributed by atoms with Gasteiger partial charge in [-0.1, -0.05) is 30.3 Å². The molecule has 0 saturated heterocycles. The third-order valence-electron chi connectivity index (χ3n) is 1.50. The van der Waals surface area contributed by atoms with Gasteiger partial charge in [0.25, 0.3) is 0 Å². The van der Waals surface area contributed by atoms with E-state index in [-0.39, 0.29) is 5.97 Å². The molecule has 0 radical (unpaired) electrons. The normalized spacial score (nSPS) is 8.36. The van der Waals surface area contributed by atoms with Gasteiger partial charge in [0.2, 0.25) is 0 Å². The van der Waals surface area contributed by atoms with Crippen LogP contribution < -0.4 is 0 Å². The van der Waals surface area contributed by atoms with E-state index in [9.17, 15) is 4.79 Å². The molecule has 0 spiro atoms. The quantitative estimate of drug-likeness (QED) is 0.570. The summed E-state index contributed by atoms with van der Waals surface area (Å²) in [7, 11) is 1.72. The number of hydrogen-bond donors (Lipinski definition) is 0. The van der Waals surface area contributed by atoms with E-state index in [4.69, 9.17) is 9.30 Å². The maximum absolute atomic E-state index is 11.0. The minimum Gasteiger partial charge on any atom is -0.466 e. The molecule has 1 rings (SSSR count). The van der Waals surface area contributed by atoms with Crippen LogP contribution >= 0.6 is 9.12 Å². The van der Waals surface area contributed by atoms with E-state index in [1.807, 2.05) is 37.3 Å². The molecule has 1 aromatic rings. The molecule has 1 aromatic carbocycles. The van der Waals surface area contributed by atoms with Crippen LogP contribution in [0.25, 0.3) is 0 Å². The summed E-state index contributed by atoms with van der Waals surface area (Å²) in [4.78, 5) is 11.0.